The summed E-state index contributed by atoms with van der Waals surface area (Å²) in [7, 11) is 0. The first-order chi connectivity index (χ1) is 13.4. The molecule has 1 heterocycles. The maximum Gasteiger partial charge on any atom is 0.223 e. The van der Waals surface area contributed by atoms with Crippen molar-refractivity contribution in [1.29, 1.82) is 0 Å². The van der Waals surface area contributed by atoms with Gasteiger partial charge < -0.3 is 15.1 Å². The number of hydrogen-bond acceptors (Lipinski definition) is 3. The van der Waals surface area contributed by atoms with Crippen molar-refractivity contribution >= 4 is 17.5 Å². The quantitative estimate of drug-likeness (QED) is 0.841. The summed E-state index contributed by atoms with van der Waals surface area (Å²) < 4.78 is 13.1. The third-order valence-electron chi connectivity index (χ3n) is 6.44. The van der Waals surface area contributed by atoms with Gasteiger partial charge in [-0.05, 0) is 42.5 Å². The number of benzene rings is 1. The van der Waals surface area contributed by atoms with Crippen LogP contribution in [-0.4, -0.2) is 48.9 Å². The molecule has 2 aliphatic rings. The minimum atomic E-state index is -0.243. The molecular weight excluding hydrogens is 357 g/mol. The number of halogens is 1. The Morgan fingerprint density at radius 1 is 1.04 bits per heavy atom. The topological polar surface area (TPSA) is 52.7 Å². The van der Waals surface area contributed by atoms with Gasteiger partial charge in [-0.3, -0.25) is 9.59 Å². The number of amides is 2. The van der Waals surface area contributed by atoms with Crippen molar-refractivity contribution in [2.45, 2.75) is 52.0 Å². The molecule has 0 unspecified atom stereocenters. The fourth-order valence-corrected chi connectivity index (χ4v) is 4.31. The summed E-state index contributed by atoms with van der Waals surface area (Å²) >= 11 is 0. The van der Waals surface area contributed by atoms with E-state index < -0.39 is 0 Å². The molecule has 1 aliphatic heterocycles. The number of carbonyl (C=O) groups excluding carboxylic acids is 2. The Kier molecular flexibility index (Phi) is 6.92. The molecule has 0 spiro atoms. The van der Waals surface area contributed by atoms with Gasteiger partial charge in [0.05, 0.1) is 0 Å². The lowest BCUT2D eigenvalue weighted by Crippen LogP contribution is -2.49. The lowest BCUT2D eigenvalue weighted by Gasteiger charge is -2.36. The number of rotatable bonds is 5. The molecule has 2 fully saturated rings. The van der Waals surface area contributed by atoms with E-state index in [9.17, 15) is 14.0 Å². The van der Waals surface area contributed by atoms with Crippen molar-refractivity contribution in [3.8, 4) is 0 Å². The average molecular weight is 390 g/mol. The van der Waals surface area contributed by atoms with Gasteiger partial charge in [-0.2, -0.15) is 0 Å². The molecule has 2 amide bonds. The summed E-state index contributed by atoms with van der Waals surface area (Å²) in [6, 6.07) is 6.69. The summed E-state index contributed by atoms with van der Waals surface area (Å²) in [5.74, 6) is 0.919. The van der Waals surface area contributed by atoms with Crippen molar-refractivity contribution < 1.29 is 14.0 Å². The fourth-order valence-electron chi connectivity index (χ4n) is 4.31. The zero-order valence-corrected chi connectivity index (χ0v) is 17.0. The van der Waals surface area contributed by atoms with Gasteiger partial charge in [-0.15, -0.1) is 0 Å². The van der Waals surface area contributed by atoms with Gasteiger partial charge in [0.1, 0.15) is 5.82 Å². The molecule has 3 rings (SSSR count). The highest BCUT2D eigenvalue weighted by molar-refractivity contribution is 5.84. The van der Waals surface area contributed by atoms with E-state index in [0.717, 1.165) is 31.6 Å². The van der Waals surface area contributed by atoms with Crippen LogP contribution < -0.4 is 10.2 Å². The molecule has 1 saturated carbocycles. The van der Waals surface area contributed by atoms with E-state index in [4.69, 9.17) is 0 Å². The smallest absolute Gasteiger partial charge is 0.223 e. The van der Waals surface area contributed by atoms with Crippen LogP contribution in [0.2, 0.25) is 0 Å². The third kappa shape index (κ3) is 5.24. The van der Waals surface area contributed by atoms with E-state index in [2.05, 4.69) is 24.1 Å². The van der Waals surface area contributed by atoms with E-state index in [1.807, 2.05) is 4.90 Å². The SMILES string of the molecule is C[C@H]1[C@H](C)CCC[C@@H]1NC(=O)CCC(=O)N1CCN(c2ccc(F)cc2)CC1. The van der Waals surface area contributed by atoms with Gasteiger partial charge >= 0.3 is 0 Å². The zero-order chi connectivity index (χ0) is 20.1. The third-order valence-corrected chi connectivity index (χ3v) is 6.44. The Hall–Kier alpha value is -2.11. The van der Waals surface area contributed by atoms with Gasteiger partial charge in [0.15, 0.2) is 0 Å². The van der Waals surface area contributed by atoms with Gasteiger partial charge in [0, 0.05) is 50.7 Å². The Morgan fingerprint density at radius 2 is 1.71 bits per heavy atom. The molecule has 1 saturated heterocycles. The zero-order valence-electron chi connectivity index (χ0n) is 17.0. The van der Waals surface area contributed by atoms with Crippen molar-refractivity contribution in [3.05, 3.63) is 30.1 Å². The van der Waals surface area contributed by atoms with Crippen LogP contribution in [0.25, 0.3) is 0 Å². The molecule has 3 atom stereocenters. The molecule has 5 nitrogen and oxygen atoms in total. The minimum Gasteiger partial charge on any atom is -0.368 e. The summed E-state index contributed by atoms with van der Waals surface area (Å²) in [6.45, 7) is 7.17. The van der Waals surface area contributed by atoms with Crippen LogP contribution in [0.4, 0.5) is 10.1 Å². The molecule has 6 heteroatoms. The molecule has 28 heavy (non-hydrogen) atoms. The summed E-state index contributed by atoms with van der Waals surface area (Å²) in [6.07, 6.45) is 3.95. The van der Waals surface area contributed by atoms with Crippen molar-refractivity contribution in [2.24, 2.45) is 11.8 Å². The summed E-state index contributed by atoms with van der Waals surface area (Å²) in [5.41, 5.74) is 0.976. The van der Waals surface area contributed by atoms with Crippen molar-refractivity contribution in [3.63, 3.8) is 0 Å². The molecule has 1 aliphatic carbocycles. The molecule has 0 aromatic heterocycles. The van der Waals surface area contributed by atoms with Crippen molar-refractivity contribution in [2.75, 3.05) is 31.1 Å². The lowest BCUT2D eigenvalue weighted by atomic mass is 9.78. The van der Waals surface area contributed by atoms with Crippen LogP contribution in [-0.2, 0) is 9.59 Å². The van der Waals surface area contributed by atoms with Crippen molar-refractivity contribution in [1.82, 2.24) is 10.2 Å². The maximum absolute atomic E-state index is 13.1. The second-order valence-electron chi connectivity index (χ2n) is 8.29. The number of nitrogens with zero attached hydrogens (tertiary/aromatic N) is 2. The Morgan fingerprint density at radius 3 is 2.39 bits per heavy atom. The van der Waals surface area contributed by atoms with E-state index in [0.29, 0.717) is 24.9 Å². The van der Waals surface area contributed by atoms with Crippen LogP contribution in [0.5, 0.6) is 0 Å². The average Bonchev–Trinajstić information content (AvgIpc) is 2.70. The van der Waals surface area contributed by atoms with Crippen LogP contribution in [0.3, 0.4) is 0 Å². The predicted octanol–water partition coefficient (Wildman–Crippen LogP) is 3.20. The van der Waals surface area contributed by atoms with Crippen LogP contribution >= 0.6 is 0 Å². The monoisotopic (exact) mass is 389 g/mol. The van der Waals surface area contributed by atoms with E-state index in [1.54, 1.807) is 12.1 Å². The number of anilines is 1. The maximum atomic E-state index is 13.1. The van der Waals surface area contributed by atoms with Gasteiger partial charge in [-0.25, -0.2) is 4.39 Å². The standard InChI is InChI=1S/C22H32FN3O2/c1-16-4-3-5-20(17(16)2)24-21(27)10-11-22(28)26-14-12-25(13-15-26)19-8-6-18(23)7-9-19/h6-9,16-17,20H,3-5,10-15H2,1-2H3,(H,24,27)/t16-,17+,20+/m1/s1. The number of hydrogen-bond donors (Lipinski definition) is 1. The first-order valence-corrected chi connectivity index (χ1v) is 10.5. The Bertz CT molecular complexity index is 671. The normalized spacial score (nSPS) is 25.5. The van der Waals surface area contributed by atoms with E-state index >= 15 is 0 Å². The van der Waals surface area contributed by atoms with Gasteiger partial charge in [0.25, 0.3) is 0 Å². The highest BCUT2D eigenvalue weighted by Crippen LogP contribution is 2.29. The van der Waals surface area contributed by atoms with Crippen LogP contribution in [0, 0.1) is 17.7 Å². The molecule has 1 N–H and O–H groups in total. The highest BCUT2D eigenvalue weighted by Gasteiger charge is 2.28. The Balaban J connectivity index is 1.39. The second-order valence-corrected chi connectivity index (χ2v) is 8.29. The Labute approximate surface area is 167 Å². The van der Waals surface area contributed by atoms with Crippen LogP contribution in [0.15, 0.2) is 24.3 Å². The molecule has 0 bridgehead atoms. The molecule has 154 valence electrons. The first kappa shape index (κ1) is 20.6. The van der Waals surface area contributed by atoms with Gasteiger partial charge in [0.2, 0.25) is 11.8 Å². The minimum absolute atomic E-state index is 0.00996. The summed E-state index contributed by atoms with van der Waals surface area (Å²) in [4.78, 5) is 28.8. The van der Waals surface area contributed by atoms with E-state index in [-0.39, 0.29) is 36.5 Å². The van der Waals surface area contributed by atoms with E-state index in [1.165, 1.54) is 18.6 Å². The molecular formula is C22H32FN3O2. The summed E-state index contributed by atoms with van der Waals surface area (Å²) in [5, 5.41) is 3.14. The molecule has 1 aromatic carbocycles. The number of nitrogens with one attached hydrogen (secondary N) is 1. The van der Waals surface area contributed by atoms with Gasteiger partial charge in [-0.1, -0.05) is 26.7 Å². The molecule has 1 aromatic rings. The first-order valence-electron chi connectivity index (χ1n) is 10.5. The largest absolute Gasteiger partial charge is 0.368 e. The fraction of sp³-hybridized carbons (Fsp3) is 0.636. The number of carbonyl (C=O) groups is 2. The molecule has 0 radical (unpaired) electrons. The lowest BCUT2D eigenvalue weighted by molar-refractivity contribution is -0.134. The second kappa shape index (κ2) is 9.39. The predicted molar refractivity (Wildman–Crippen MR) is 109 cm³/mol. The highest BCUT2D eigenvalue weighted by atomic mass is 19.1. The van der Waals surface area contributed by atoms with Crippen LogP contribution in [0.1, 0.15) is 46.0 Å². The number of piperazine rings is 1.